The fourth-order valence-corrected chi connectivity index (χ4v) is 11.8. The van der Waals surface area contributed by atoms with Crippen molar-refractivity contribution in [3.63, 3.8) is 0 Å². The predicted octanol–water partition coefficient (Wildman–Crippen LogP) is 19.3. The molecule has 522 valence electrons. The monoisotopic (exact) mass is 1300 g/mol. The molecule has 0 aromatic heterocycles. The quantitative estimate of drug-likeness (QED) is 0.0222. The fourth-order valence-electron chi connectivity index (χ4n) is 10.2. The van der Waals surface area contributed by atoms with Gasteiger partial charge in [-0.15, -0.1) is 0 Å². The number of aliphatic hydroxyl groups is 1. The summed E-state index contributed by atoms with van der Waals surface area (Å²) in [7, 11) is -9.90. The molecule has 0 rings (SSSR count). The molecule has 19 heteroatoms. The Bertz CT molecular complexity index is 1630. The van der Waals surface area contributed by atoms with E-state index in [-0.39, 0.29) is 25.7 Å². The number of ether oxygens (including phenoxy) is 4. The lowest BCUT2D eigenvalue weighted by Gasteiger charge is -2.21. The summed E-state index contributed by atoms with van der Waals surface area (Å²) in [4.78, 5) is 72.5. The summed E-state index contributed by atoms with van der Waals surface area (Å²) in [6.07, 6.45) is 40.2. The summed E-state index contributed by atoms with van der Waals surface area (Å²) in [5.74, 6) is 0.935. The molecule has 0 bridgehead atoms. The minimum Gasteiger partial charge on any atom is -0.462 e. The van der Waals surface area contributed by atoms with E-state index in [1.807, 2.05) is 0 Å². The summed E-state index contributed by atoms with van der Waals surface area (Å²) >= 11 is 0. The van der Waals surface area contributed by atoms with Crippen LogP contribution in [0.2, 0.25) is 0 Å². The molecule has 0 aromatic rings. The molecule has 0 aromatic carbocycles. The highest BCUT2D eigenvalue weighted by Crippen LogP contribution is 2.45. The van der Waals surface area contributed by atoms with Crippen molar-refractivity contribution in [3.05, 3.63) is 0 Å². The smallest absolute Gasteiger partial charge is 0.462 e. The van der Waals surface area contributed by atoms with Gasteiger partial charge >= 0.3 is 39.5 Å². The molecule has 0 saturated heterocycles. The molecule has 0 amide bonds. The first-order valence-corrected chi connectivity index (χ1v) is 38.8. The second kappa shape index (κ2) is 58.8. The van der Waals surface area contributed by atoms with E-state index in [9.17, 15) is 43.2 Å². The van der Waals surface area contributed by atoms with Crippen molar-refractivity contribution in [2.24, 2.45) is 23.7 Å². The number of carbonyl (C=O) groups excluding carboxylic acids is 4. The van der Waals surface area contributed by atoms with Gasteiger partial charge in [0.15, 0.2) is 12.2 Å². The summed E-state index contributed by atoms with van der Waals surface area (Å²) in [5, 5.41) is 10.6. The van der Waals surface area contributed by atoms with Crippen molar-refractivity contribution in [1.29, 1.82) is 0 Å². The number of phosphoric ester groups is 2. The Morgan fingerprint density at radius 1 is 0.307 bits per heavy atom. The van der Waals surface area contributed by atoms with Crippen molar-refractivity contribution >= 4 is 39.5 Å². The zero-order chi connectivity index (χ0) is 65.4. The van der Waals surface area contributed by atoms with Gasteiger partial charge in [0.2, 0.25) is 0 Å². The van der Waals surface area contributed by atoms with Gasteiger partial charge < -0.3 is 33.8 Å². The van der Waals surface area contributed by atoms with Crippen LogP contribution in [-0.4, -0.2) is 96.7 Å². The molecule has 0 heterocycles. The highest BCUT2D eigenvalue weighted by Gasteiger charge is 2.30. The molecule has 0 saturated carbocycles. The first-order valence-electron chi connectivity index (χ1n) is 35.9. The number of carbonyl (C=O) groups is 4. The van der Waals surface area contributed by atoms with Crippen LogP contribution in [0.3, 0.4) is 0 Å². The van der Waals surface area contributed by atoms with E-state index >= 15 is 0 Å². The van der Waals surface area contributed by atoms with Gasteiger partial charge in [-0.2, -0.15) is 0 Å². The Kier molecular flexibility index (Phi) is 57.6. The summed E-state index contributed by atoms with van der Waals surface area (Å²) in [5.41, 5.74) is 0. The van der Waals surface area contributed by atoms with Gasteiger partial charge in [-0.3, -0.25) is 37.3 Å². The fraction of sp³-hybridized carbons (Fsp3) is 0.942. The van der Waals surface area contributed by atoms with Crippen molar-refractivity contribution in [3.8, 4) is 0 Å². The maximum absolute atomic E-state index is 13.0. The molecular weight excluding hydrogens is 1160 g/mol. The van der Waals surface area contributed by atoms with Gasteiger partial charge in [-0.1, -0.05) is 287 Å². The van der Waals surface area contributed by atoms with E-state index in [1.54, 1.807) is 0 Å². The average Bonchev–Trinajstić information content (AvgIpc) is 3.72. The standard InChI is InChI=1S/C69H134O17P2/c1-9-59(5)45-37-29-21-17-13-15-19-23-35-43-51-68(73)85-64(55-79-66(71)49-41-33-27-25-31-39-47-61(7)11-3)57-83-87(75,76)81-53-63(70)54-82-88(77,78)84-58-65(56-80-67(72)50-42-34-28-26-32-40-48-62(8)12-4)86-69(74)52-44-36-24-20-16-14-18-22-30-38-46-60(6)10-2/h59-65,70H,9-58H2,1-8H3,(H,75,76)(H,77,78)/t59?,60?,61?,62?,63?,64-,65-/m1/s1. The van der Waals surface area contributed by atoms with Gasteiger partial charge in [-0.05, 0) is 49.4 Å². The van der Waals surface area contributed by atoms with E-state index in [0.717, 1.165) is 126 Å². The van der Waals surface area contributed by atoms with Crippen molar-refractivity contribution in [2.45, 2.75) is 356 Å². The van der Waals surface area contributed by atoms with Gasteiger partial charge in [0.05, 0.1) is 26.4 Å². The number of hydrogen-bond donors (Lipinski definition) is 3. The SMILES string of the molecule is CCC(C)CCCCCCCCCCCCC(=O)O[C@H](COC(=O)CCCCCCCCC(C)CC)COP(=O)(O)OCC(O)COP(=O)(O)OC[C@@H](COC(=O)CCCCCCCCC(C)CC)OC(=O)CCCCCCCCCCCCC(C)CC. The Morgan fingerprint density at radius 2 is 0.511 bits per heavy atom. The molecule has 3 N–H and O–H groups in total. The number of rotatable bonds is 66. The van der Waals surface area contributed by atoms with Crippen LogP contribution in [0.1, 0.15) is 338 Å². The van der Waals surface area contributed by atoms with Crippen LogP contribution in [0.15, 0.2) is 0 Å². The van der Waals surface area contributed by atoms with Crippen LogP contribution in [0.5, 0.6) is 0 Å². The van der Waals surface area contributed by atoms with Gasteiger partial charge in [-0.25, -0.2) is 9.13 Å². The summed E-state index contributed by atoms with van der Waals surface area (Å²) in [6, 6.07) is 0. The largest absolute Gasteiger partial charge is 0.472 e. The van der Waals surface area contributed by atoms with Crippen molar-refractivity contribution < 1.29 is 80.2 Å². The van der Waals surface area contributed by atoms with Crippen LogP contribution >= 0.6 is 15.6 Å². The third-order valence-electron chi connectivity index (χ3n) is 17.3. The van der Waals surface area contributed by atoms with E-state index in [4.69, 9.17) is 37.0 Å². The molecule has 0 spiro atoms. The lowest BCUT2D eigenvalue weighted by molar-refractivity contribution is -0.161. The maximum Gasteiger partial charge on any atom is 0.472 e. The van der Waals surface area contributed by atoms with E-state index in [1.165, 1.54) is 128 Å². The van der Waals surface area contributed by atoms with Crippen LogP contribution < -0.4 is 0 Å². The van der Waals surface area contributed by atoms with Gasteiger partial charge in [0.1, 0.15) is 19.3 Å². The molecule has 0 aliphatic heterocycles. The second-order valence-electron chi connectivity index (χ2n) is 25.9. The van der Waals surface area contributed by atoms with E-state index in [0.29, 0.717) is 25.7 Å². The number of aliphatic hydroxyl groups excluding tert-OH is 1. The minimum atomic E-state index is -4.95. The van der Waals surface area contributed by atoms with Gasteiger partial charge in [0, 0.05) is 25.7 Å². The zero-order valence-electron chi connectivity index (χ0n) is 57.3. The van der Waals surface area contributed by atoms with Crippen molar-refractivity contribution in [1.82, 2.24) is 0 Å². The Balaban J connectivity index is 5.27. The lowest BCUT2D eigenvalue weighted by atomic mass is 9.99. The van der Waals surface area contributed by atoms with Gasteiger partial charge in [0.25, 0.3) is 0 Å². The highest BCUT2D eigenvalue weighted by atomic mass is 31.2. The third kappa shape index (κ3) is 57.9. The molecule has 8 atom stereocenters. The van der Waals surface area contributed by atoms with Crippen LogP contribution in [0, 0.1) is 23.7 Å². The Labute approximate surface area is 537 Å². The normalized spacial score (nSPS) is 15.5. The molecular formula is C69H134O17P2. The molecule has 0 fully saturated rings. The predicted molar refractivity (Wildman–Crippen MR) is 354 cm³/mol. The third-order valence-corrected chi connectivity index (χ3v) is 19.2. The molecule has 88 heavy (non-hydrogen) atoms. The van der Waals surface area contributed by atoms with E-state index in [2.05, 4.69) is 55.4 Å². The number of esters is 4. The Morgan fingerprint density at radius 3 is 0.750 bits per heavy atom. The van der Waals surface area contributed by atoms with Crippen molar-refractivity contribution in [2.75, 3.05) is 39.6 Å². The number of hydrogen-bond acceptors (Lipinski definition) is 15. The van der Waals surface area contributed by atoms with E-state index < -0.39 is 97.5 Å². The minimum absolute atomic E-state index is 0.105. The number of phosphoric acid groups is 2. The highest BCUT2D eigenvalue weighted by molar-refractivity contribution is 7.47. The second-order valence-corrected chi connectivity index (χ2v) is 28.8. The number of unbranched alkanes of at least 4 members (excludes halogenated alkanes) is 28. The maximum atomic E-state index is 13.0. The van der Waals surface area contributed by atoms with Crippen LogP contribution in [0.4, 0.5) is 0 Å². The average molecular weight is 1300 g/mol. The first kappa shape index (κ1) is 86.1. The van der Waals surface area contributed by atoms with Crippen LogP contribution in [0.25, 0.3) is 0 Å². The zero-order valence-corrected chi connectivity index (χ0v) is 59.1. The molecule has 17 nitrogen and oxygen atoms in total. The molecule has 6 unspecified atom stereocenters. The topological polar surface area (TPSA) is 237 Å². The Hall–Kier alpha value is -1.94. The van der Waals surface area contributed by atoms with Crippen LogP contribution in [-0.2, 0) is 65.4 Å². The molecule has 0 radical (unpaired) electrons. The first-order chi connectivity index (χ1) is 42.2. The summed E-state index contributed by atoms with van der Waals surface area (Å²) in [6.45, 7) is 14.1. The molecule has 0 aliphatic carbocycles. The lowest BCUT2D eigenvalue weighted by Crippen LogP contribution is -2.30. The summed E-state index contributed by atoms with van der Waals surface area (Å²) < 4.78 is 68.2. The molecule has 0 aliphatic rings.